The summed E-state index contributed by atoms with van der Waals surface area (Å²) in [6, 6.07) is 34.1. The average molecular weight is 347 g/mol. The Bertz CT molecular complexity index is 641. The molecule has 3 rings (SSSR count). The largest absolute Gasteiger partial charge is 0.0669 e. The summed E-state index contributed by atoms with van der Waals surface area (Å²) in [7, 11) is -0.205. The SMILES string of the molecule is c1ccc([SiH2]CCc2ccc(CC[SiH2]c3ccccc3)cc2)cc1. The lowest BCUT2D eigenvalue weighted by Crippen LogP contribution is -2.13. The summed E-state index contributed by atoms with van der Waals surface area (Å²) in [4.78, 5) is 0. The smallest absolute Gasteiger partial charge is 0.0550 e. The first-order valence-corrected chi connectivity index (χ1v) is 12.5. The monoisotopic (exact) mass is 346 g/mol. The van der Waals surface area contributed by atoms with Crippen LogP contribution in [0.2, 0.25) is 12.1 Å². The molecule has 0 unspecified atom stereocenters. The summed E-state index contributed by atoms with van der Waals surface area (Å²) in [5.74, 6) is 0. The van der Waals surface area contributed by atoms with Crippen LogP contribution in [0.5, 0.6) is 0 Å². The van der Waals surface area contributed by atoms with Crippen LogP contribution < -0.4 is 10.4 Å². The van der Waals surface area contributed by atoms with Crippen molar-refractivity contribution >= 4 is 29.4 Å². The predicted octanol–water partition coefficient (Wildman–Crippen LogP) is 2.60. The second kappa shape index (κ2) is 9.40. The van der Waals surface area contributed by atoms with Crippen molar-refractivity contribution in [3.05, 3.63) is 96.1 Å². The first-order chi connectivity index (χ1) is 11.9. The van der Waals surface area contributed by atoms with Gasteiger partial charge < -0.3 is 0 Å². The van der Waals surface area contributed by atoms with Crippen LogP contribution in [0.3, 0.4) is 0 Å². The molecule has 0 atom stereocenters. The maximum Gasteiger partial charge on any atom is 0.0550 e. The second-order valence-electron chi connectivity index (χ2n) is 6.49. The molecule has 3 aromatic carbocycles. The van der Waals surface area contributed by atoms with Crippen molar-refractivity contribution in [2.45, 2.75) is 24.9 Å². The molecule has 0 heterocycles. The minimum Gasteiger partial charge on any atom is -0.0669 e. The lowest BCUT2D eigenvalue weighted by Gasteiger charge is -2.05. The van der Waals surface area contributed by atoms with Gasteiger partial charge >= 0.3 is 0 Å². The third-order valence-electron chi connectivity index (χ3n) is 4.57. The molecule has 0 saturated heterocycles. The van der Waals surface area contributed by atoms with E-state index in [1.165, 1.54) is 36.1 Å². The number of aryl methyl sites for hydroxylation is 2. The van der Waals surface area contributed by atoms with Crippen molar-refractivity contribution in [2.75, 3.05) is 0 Å². The van der Waals surface area contributed by atoms with Crippen molar-refractivity contribution in [2.24, 2.45) is 0 Å². The van der Waals surface area contributed by atoms with E-state index in [9.17, 15) is 0 Å². The highest BCUT2D eigenvalue weighted by Gasteiger charge is 1.99. The van der Waals surface area contributed by atoms with Crippen molar-refractivity contribution in [1.82, 2.24) is 0 Å². The molecule has 0 radical (unpaired) electrons. The molecule has 0 spiro atoms. The average Bonchev–Trinajstić information content (AvgIpc) is 2.65. The maximum absolute atomic E-state index is 2.35. The molecule has 0 aromatic heterocycles. The third-order valence-corrected chi connectivity index (χ3v) is 8.08. The zero-order chi connectivity index (χ0) is 16.5. The van der Waals surface area contributed by atoms with Gasteiger partial charge in [0.05, 0.1) is 19.0 Å². The van der Waals surface area contributed by atoms with Gasteiger partial charge in [-0.1, -0.05) is 107 Å². The minimum absolute atomic E-state index is 0.102. The Kier molecular flexibility index (Phi) is 6.64. The van der Waals surface area contributed by atoms with E-state index in [1.54, 1.807) is 10.4 Å². The van der Waals surface area contributed by atoms with Gasteiger partial charge in [0.25, 0.3) is 0 Å². The van der Waals surface area contributed by atoms with Gasteiger partial charge in [-0.3, -0.25) is 0 Å². The van der Waals surface area contributed by atoms with E-state index in [1.807, 2.05) is 0 Å². The van der Waals surface area contributed by atoms with Gasteiger partial charge in [-0.25, -0.2) is 0 Å². The molecular formula is C22H26Si2. The van der Waals surface area contributed by atoms with Gasteiger partial charge in [0.2, 0.25) is 0 Å². The van der Waals surface area contributed by atoms with Crippen LogP contribution in [0.15, 0.2) is 84.9 Å². The first kappa shape index (κ1) is 16.9. The standard InChI is InChI=1S/C22H26Si2/c1-3-7-21(8-4-1)23-17-15-19-11-13-20(14-12-19)16-18-24-22-9-5-2-6-10-22/h1-14H,15-18,23-24H2. The Morgan fingerprint density at radius 2 is 0.833 bits per heavy atom. The summed E-state index contributed by atoms with van der Waals surface area (Å²) in [6.45, 7) is 0. The Morgan fingerprint density at radius 3 is 1.21 bits per heavy atom. The van der Waals surface area contributed by atoms with E-state index >= 15 is 0 Å². The molecule has 2 heteroatoms. The van der Waals surface area contributed by atoms with Crippen LogP contribution >= 0.6 is 0 Å². The first-order valence-electron chi connectivity index (χ1n) is 9.06. The summed E-state index contributed by atoms with van der Waals surface area (Å²) >= 11 is 0. The fraction of sp³-hybridized carbons (Fsp3) is 0.182. The number of rotatable bonds is 8. The van der Waals surface area contributed by atoms with Gasteiger partial charge in [-0.05, 0) is 24.0 Å². The van der Waals surface area contributed by atoms with Crippen molar-refractivity contribution in [3.8, 4) is 0 Å². The Balaban J connectivity index is 1.40. The van der Waals surface area contributed by atoms with Crippen LogP contribution in [0.25, 0.3) is 0 Å². The predicted molar refractivity (Wildman–Crippen MR) is 113 cm³/mol. The van der Waals surface area contributed by atoms with Gasteiger partial charge in [0.15, 0.2) is 0 Å². The summed E-state index contributed by atoms with van der Waals surface area (Å²) in [5.41, 5.74) is 3.00. The summed E-state index contributed by atoms with van der Waals surface area (Å²) in [6.07, 6.45) is 2.47. The van der Waals surface area contributed by atoms with E-state index in [-0.39, 0.29) is 19.0 Å². The highest BCUT2D eigenvalue weighted by molar-refractivity contribution is 6.53. The molecule has 0 aliphatic rings. The Hall–Kier alpha value is -1.91. The van der Waals surface area contributed by atoms with Gasteiger partial charge in [0.1, 0.15) is 0 Å². The molecule has 0 fully saturated rings. The van der Waals surface area contributed by atoms with Crippen LogP contribution in [-0.2, 0) is 12.8 Å². The highest BCUT2D eigenvalue weighted by Crippen LogP contribution is 2.09. The molecule has 3 aromatic rings. The van der Waals surface area contributed by atoms with Crippen molar-refractivity contribution in [1.29, 1.82) is 0 Å². The normalized spacial score (nSPS) is 11.7. The van der Waals surface area contributed by atoms with E-state index in [0.717, 1.165) is 0 Å². The molecule has 0 aliphatic heterocycles. The molecule has 0 bridgehead atoms. The summed E-state index contributed by atoms with van der Waals surface area (Å²) in [5, 5.41) is 3.17. The minimum atomic E-state index is -0.102. The van der Waals surface area contributed by atoms with Crippen molar-refractivity contribution in [3.63, 3.8) is 0 Å². The van der Waals surface area contributed by atoms with Gasteiger partial charge in [-0.2, -0.15) is 0 Å². The van der Waals surface area contributed by atoms with Crippen LogP contribution in [0.1, 0.15) is 11.1 Å². The summed E-state index contributed by atoms with van der Waals surface area (Å²) < 4.78 is 0. The highest BCUT2D eigenvalue weighted by atomic mass is 28.2. The second-order valence-corrected chi connectivity index (χ2v) is 10.5. The quantitative estimate of drug-likeness (QED) is 0.550. The Labute approximate surface area is 150 Å². The zero-order valence-electron chi connectivity index (χ0n) is 14.3. The van der Waals surface area contributed by atoms with E-state index in [4.69, 9.17) is 0 Å². The van der Waals surface area contributed by atoms with E-state index in [2.05, 4.69) is 84.9 Å². The van der Waals surface area contributed by atoms with Crippen LogP contribution in [-0.4, -0.2) is 19.0 Å². The lowest BCUT2D eigenvalue weighted by molar-refractivity contribution is 1.09. The fourth-order valence-electron chi connectivity index (χ4n) is 3.16. The maximum atomic E-state index is 2.35. The number of hydrogen-bond acceptors (Lipinski definition) is 0. The molecule has 24 heavy (non-hydrogen) atoms. The van der Waals surface area contributed by atoms with Gasteiger partial charge in [0, 0.05) is 0 Å². The van der Waals surface area contributed by atoms with Crippen LogP contribution in [0, 0.1) is 0 Å². The molecule has 0 nitrogen and oxygen atoms in total. The molecule has 122 valence electrons. The van der Waals surface area contributed by atoms with Gasteiger partial charge in [-0.15, -0.1) is 0 Å². The lowest BCUT2D eigenvalue weighted by atomic mass is 10.1. The molecule has 0 saturated carbocycles. The fourth-order valence-corrected chi connectivity index (χ4v) is 6.35. The molecular weight excluding hydrogens is 320 g/mol. The van der Waals surface area contributed by atoms with Crippen LogP contribution in [0.4, 0.5) is 0 Å². The molecule has 0 amide bonds. The third kappa shape index (κ3) is 5.62. The zero-order valence-corrected chi connectivity index (χ0v) is 17.2. The molecule has 0 N–H and O–H groups in total. The number of hydrogen-bond donors (Lipinski definition) is 0. The van der Waals surface area contributed by atoms with E-state index in [0.29, 0.717) is 0 Å². The molecule has 0 aliphatic carbocycles. The number of benzene rings is 3. The van der Waals surface area contributed by atoms with Crippen molar-refractivity contribution < 1.29 is 0 Å². The van der Waals surface area contributed by atoms with E-state index < -0.39 is 0 Å². The Morgan fingerprint density at radius 1 is 0.458 bits per heavy atom. The topological polar surface area (TPSA) is 0 Å².